The lowest BCUT2D eigenvalue weighted by atomic mass is 9.90. The summed E-state index contributed by atoms with van der Waals surface area (Å²) in [5.74, 6) is 1.55. The fourth-order valence-electron chi connectivity index (χ4n) is 5.05. The Morgan fingerprint density at radius 2 is 1.94 bits per heavy atom. The van der Waals surface area contributed by atoms with Crippen LogP contribution in [0.4, 0.5) is 11.6 Å². The molecule has 194 valence electrons. The van der Waals surface area contributed by atoms with Gasteiger partial charge in [0, 0.05) is 37.0 Å². The third kappa shape index (κ3) is 7.07. The smallest absolute Gasteiger partial charge is 0.253 e. The third-order valence-electron chi connectivity index (χ3n) is 7.16. The molecule has 0 spiro atoms. The normalized spacial score (nSPS) is 22.4. The summed E-state index contributed by atoms with van der Waals surface area (Å²) in [5, 5.41) is 11.2. The molecule has 9 heteroatoms. The number of methoxy groups -OCH3 is 1. The highest BCUT2D eigenvalue weighted by Gasteiger charge is 2.38. The van der Waals surface area contributed by atoms with Crippen molar-refractivity contribution in [1.29, 1.82) is 0 Å². The number of rotatable bonds is 10. The van der Waals surface area contributed by atoms with Crippen LogP contribution in [0.5, 0.6) is 0 Å². The summed E-state index contributed by atoms with van der Waals surface area (Å²) in [6, 6.07) is 9.10. The SMILES string of the molecule is [C-]#[N+]C1(CNc2cccc(-c3cc(NC4CCC(N[C@H](C)COC)CC4)ncc3Cl)n2)CCOCC1. The van der Waals surface area contributed by atoms with Crippen molar-refractivity contribution in [2.24, 2.45) is 0 Å². The first-order chi connectivity index (χ1) is 17.5. The van der Waals surface area contributed by atoms with Crippen molar-refractivity contribution in [3.63, 3.8) is 0 Å². The second kappa shape index (κ2) is 12.7. The van der Waals surface area contributed by atoms with E-state index < -0.39 is 5.54 Å². The van der Waals surface area contributed by atoms with Gasteiger partial charge in [0.1, 0.15) is 11.6 Å². The van der Waals surface area contributed by atoms with Crippen LogP contribution in [0.15, 0.2) is 30.5 Å². The van der Waals surface area contributed by atoms with Crippen LogP contribution >= 0.6 is 11.6 Å². The molecular weight excluding hydrogens is 476 g/mol. The number of ether oxygens (including phenoxy) is 2. The van der Waals surface area contributed by atoms with Crippen LogP contribution in [0.3, 0.4) is 0 Å². The van der Waals surface area contributed by atoms with Gasteiger partial charge in [-0.15, -0.1) is 0 Å². The van der Waals surface area contributed by atoms with Crippen LogP contribution in [0.25, 0.3) is 16.1 Å². The fourth-order valence-corrected chi connectivity index (χ4v) is 5.25. The zero-order valence-electron chi connectivity index (χ0n) is 21.2. The maximum absolute atomic E-state index is 7.67. The van der Waals surface area contributed by atoms with Crippen molar-refractivity contribution < 1.29 is 9.47 Å². The summed E-state index contributed by atoms with van der Waals surface area (Å²) in [6.07, 6.45) is 7.58. The quantitative estimate of drug-likeness (QED) is 0.385. The Morgan fingerprint density at radius 1 is 1.19 bits per heavy atom. The van der Waals surface area contributed by atoms with Gasteiger partial charge in [-0.1, -0.05) is 17.7 Å². The molecule has 0 aromatic carbocycles. The van der Waals surface area contributed by atoms with E-state index in [-0.39, 0.29) is 0 Å². The molecule has 2 aromatic rings. The van der Waals surface area contributed by atoms with Crippen LogP contribution in [0.1, 0.15) is 45.4 Å². The molecule has 1 saturated carbocycles. The molecular formula is C27H37ClN6O2. The number of hydrogen-bond donors (Lipinski definition) is 3. The number of nitrogens with zero attached hydrogens (tertiary/aromatic N) is 3. The van der Waals surface area contributed by atoms with E-state index in [1.165, 1.54) is 0 Å². The van der Waals surface area contributed by atoms with Crippen LogP contribution < -0.4 is 16.0 Å². The fraction of sp³-hybridized carbons (Fsp3) is 0.593. The van der Waals surface area contributed by atoms with Gasteiger partial charge in [-0.25, -0.2) is 16.5 Å². The highest BCUT2D eigenvalue weighted by molar-refractivity contribution is 6.33. The Balaban J connectivity index is 1.37. The first-order valence-corrected chi connectivity index (χ1v) is 13.2. The number of aromatic nitrogens is 2. The predicted molar refractivity (Wildman–Crippen MR) is 144 cm³/mol. The molecule has 1 aliphatic carbocycles. The topological polar surface area (TPSA) is 84.7 Å². The summed E-state index contributed by atoms with van der Waals surface area (Å²) < 4.78 is 10.7. The molecule has 0 bridgehead atoms. The third-order valence-corrected chi connectivity index (χ3v) is 7.46. The van der Waals surface area contributed by atoms with Gasteiger partial charge >= 0.3 is 0 Å². The molecule has 1 saturated heterocycles. The molecule has 2 fully saturated rings. The summed E-state index contributed by atoms with van der Waals surface area (Å²) in [5.41, 5.74) is 1.18. The highest BCUT2D eigenvalue weighted by atomic mass is 35.5. The minimum Gasteiger partial charge on any atom is -0.383 e. The minimum absolute atomic E-state index is 0.367. The molecule has 4 rings (SSSR count). The molecule has 0 radical (unpaired) electrons. The van der Waals surface area contributed by atoms with Crippen molar-refractivity contribution in [3.8, 4) is 11.3 Å². The van der Waals surface area contributed by atoms with Crippen LogP contribution in [0.2, 0.25) is 5.02 Å². The first-order valence-electron chi connectivity index (χ1n) is 12.8. The highest BCUT2D eigenvalue weighted by Crippen LogP contribution is 2.31. The lowest BCUT2D eigenvalue weighted by Gasteiger charge is -2.31. The van der Waals surface area contributed by atoms with E-state index in [2.05, 4.69) is 32.7 Å². The predicted octanol–water partition coefficient (Wildman–Crippen LogP) is 5.02. The average Bonchev–Trinajstić information content (AvgIpc) is 2.90. The Hall–Kier alpha value is -2.44. The molecule has 0 unspecified atom stereocenters. The molecule has 2 aliphatic rings. The molecule has 2 aromatic heterocycles. The van der Waals surface area contributed by atoms with E-state index in [0.717, 1.165) is 68.0 Å². The summed E-state index contributed by atoms with van der Waals surface area (Å²) in [6.45, 7) is 12.4. The van der Waals surface area contributed by atoms with Gasteiger partial charge in [0.15, 0.2) is 0 Å². The Morgan fingerprint density at radius 3 is 2.67 bits per heavy atom. The monoisotopic (exact) mass is 512 g/mol. The molecule has 1 aliphatic heterocycles. The number of anilines is 2. The maximum Gasteiger partial charge on any atom is 0.253 e. The van der Waals surface area contributed by atoms with Gasteiger partial charge in [0.25, 0.3) is 5.54 Å². The molecule has 1 atom stereocenters. The van der Waals surface area contributed by atoms with Crippen LogP contribution in [-0.4, -0.2) is 67.1 Å². The van der Waals surface area contributed by atoms with Crippen molar-refractivity contribution in [1.82, 2.24) is 15.3 Å². The summed E-state index contributed by atoms with van der Waals surface area (Å²) in [7, 11) is 1.74. The van der Waals surface area contributed by atoms with Crippen molar-refractivity contribution in [2.45, 2.75) is 69.1 Å². The van der Waals surface area contributed by atoms with E-state index in [0.29, 0.717) is 42.9 Å². The maximum atomic E-state index is 7.67. The summed E-state index contributed by atoms with van der Waals surface area (Å²) in [4.78, 5) is 13.2. The molecule has 3 heterocycles. The van der Waals surface area contributed by atoms with Crippen molar-refractivity contribution >= 4 is 23.2 Å². The van der Waals surface area contributed by atoms with Gasteiger partial charge in [0.2, 0.25) is 0 Å². The lowest BCUT2D eigenvalue weighted by molar-refractivity contribution is 0.0688. The van der Waals surface area contributed by atoms with Gasteiger partial charge in [-0.05, 0) is 50.8 Å². The Labute approximate surface area is 219 Å². The summed E-state index contributed by atoms with van der Waals surface area (Å²) >= 11 is 6.54. The van der Waals surface area contributed by atoms with Crippen LogP contribution in [0, 0.1) is 6.57 Å². The molecule has 8 nitrogen and oxygen atoms in total. The number of pyridine rings is 2. The van der Waals surface area contributed by atoms with E-state index in [1.54, 1.807) is 13.3 Å². The molecule has 3 N–H and O–H groups in total. The number of halogens is 1. The molecule has 36 heavy (non-hydrogen) atoms. The second-order valence-electron chi connectivity index (χ2n) is 9.98. The zero-order valence-corrected chi connectivity index (χ0v) is 22.0. The largest absolute Gasteiger partial charge is 0.383 e. The first kappa shape index (κ1) is 26.6. The average molecular weight is 513 g/mol. The van der Waals surface area contributed by atoms with E-state index in [9.17, 15) is 0 Å². The van der Waals surface area contributed by atoms with Gasteiger partial charge in [-0.3, -0.25) is 0 Å². The van der Waals surface area contributed by atoms with E-state index in [1.807, 2.05) is 24.3 Å². The Kier molecular flexibility index (Phi) is 9.38. The lowest BCUT2D eigenvalue weighted by Crippen LogP contribution is -2.42. The minimum atomic E-state index is -0.433. The van der Waals surface area contributed by atoms with Gasteiger partial charge in [-0.2, -0.15) is 0 Å². The zero-order chi connectivity index (χ0) is 25.4. The Bertz CT molecular complexity index is 1030. The standard InChI is InChI=1S/C27H37ClN6O2/c1-19(17-35-3)32-20-7-9-21(10-8-20)33-26-15-22(23(28)16-30-26)24-5-4-6-25(34-24)31-18-27(29-2)11-13-36-14-12-27/h4-6,15-16,19-21,32H,7-14,17-18H2,1,3H3,(H,30,33)(H,31,34)/t19-,20?,21?/m1/s1. The number of nitrogens with one attached hydrogen (secondary N) is 3. The van der Waals surface area contributed by atoms with E-state index >= 15 is 0 Å². The van der Waals surface area contributed by atoms with Crippen molar-refractivity contribution in [2.75, 3.05) is 44.1 Å². The number of hydrogen-bond acceptors (Lipinski definition) is 7. The van der Waals surface area contributed by atoms with Gasteiger partial charge in [0.05, 0.1) is 49.9 Å². The second-order valence-corrected chi connectivity index (χ2v) is 10.4. The van der Waals surface area contributed by atoms with Crippen LogP contribution in [-0.2, 0) is 9.47 Å². The van der Waals surface area contributed by atoms with Crippen molar-refractivity contribution in [3.05, 3.63) is 46.9 Å². The van der Waals surface area contributed by atoms with E-state index in [4.69, 9.17) is 32.6 Å². The molecule has 0 amide bonds. The van der Waals surface area contributed by atoms with Gasteiger partial charge < -0.3 is 30.3 Å².